The second kappa shape index (κ2) is 7.85. The zero-order valence-corrected chi connectivity index (χ0v) is 18.7. The Morgan fingerprint density at radius 2 is 1.86 bits per heavy atom. The van der Waals surface area contributed by atoms with Crippen molar-refractivity contribution in [3.63, 3.8) is 0 Å². The Morgan fingerprint density at radius 3 is 2.69 bits per heavy atom. The second-order valence-corrected chi connectivity index (χ2v) is 8.63. The molecule has 0 saturated carbocycles. The lowest BCUT2D eigenvalue weighted by Crippen LogP contribution is -2.29. The normalized spacial score (nSPS) is 16.1. The van der Waals surface area contributed by atoms with Gasteiger partial charge in [0.25, 0.3) is 11.6 Å². The molecular weight excluding hydrogens is 476 g/mol. The van der Waals surface area contributed by atoms with E-state index in [9.17, 15) is 19.7 Å². The highest BCUT2D eigenvalue weighted by Crippen LogP contribution is 2.41. The first-order chi connectivity index (χ1) is 16.9. The molecule has 3 aromatic carbocycles. The van der Waals surface area contributed by atoms with Crippen LogP contribution in [0.2, 0.25) is 5.02 Å². The average Bonchev–Trinajstić information content (AvgIpc) is 3.42. The fourth-order valence-corrected chi connectivity index (χ4v) is 4.72. The number of rotatable bonds is 4. The van der Waals surface area contributed by atoms with E-state index in [1.165, 1.54) is 35.2 Å². The van der Waals surface area contributed by atoms with E-state index in [1.54, 1.807) is 30.3 Å². The number of nitro benzene ring substituents is 1. The molecule has 1 atom stereocenters. The summed E-state index contributed by atoms with van der Waals surface area (Å²) in [5.41, 5.74) is 0.924. The van der Waals surface area contributed by atoms with Crippen molar-refractivity contribution >= 4 is 34.2 Å². The van der Waals surface area contributed by atoms with E-state index >= 15 is 0 Å². The van der Waals surface area contributed by atoms with E-state index in [4.69, 9.17) is 25.5 Å². The highest BCUT2D eigenvalue weighted by Gasteiger charge is 2.43. The van der Waals surface area contributed by atoms with Gasteiger partial charge >= 0.3 is 0 Å². The molecule has 2 aliphatic rings. The van der Waals surface area contributed by atoms with E-state index in [0.717, 1.165) is 5.56 Å². The van der Waals surface area contributed by atoms with Crippen LogP contribution < -0.4 is 14.9 Å². The van der Waals surface area contributed by atoms with Gasteiger partial charge in [-0.2, -0.15) is 0 Å². The number of carbonyl (C=O) groups excluding carboxylic acids is 1. The third-order valence-corrected chi connectivity index (χ3v) is 6.35. The number of carbonyl (C=O) groups is 1. The Balaban J connectivity index is 1.54. The van der Waals surface area contributed by atoms with E-state index in [1.807, 2.05) is 0 Å². The zero-order chi connectivity index (χ0) is 24.3. The van der Waals surface area contributed by atoms with Crippen LogP contribution in [0.5, 0.6) is 11.5 Å². The Kier molecular flexibility index (Phi) is 4.75. The van der Waals surface area contributed by atoms with Crippen LogP contribution in [-0.2, 0) is 6.54 Å². The average molecular weight is 491 g/mol. The number of hydrogen-bond donors (Lipinski definition) is 0. The third-order valence-electron chi connectivity index (χ3n) is 6.11. The lowest BCUT2D eigenvalue weighted by atomic mass is 9.98. The molecule has 3 heterocycles. The number of benzene rings is 3. The van der Waals surface area contributed by atoms with Gasteiger partial charge in [-0.15, -0.1) is 0 Å². The maximum absolute atomic E-state index is 13.6. The number of non-ortho nitro benzene ring substituents is 1. The van der Waals surface area contributed by atoms with Gasteiger partial charge in [-0.05, 0) is 41.5 Å². The molecule has 0 bridgehead atoms. The number of ether oxygens (including phenoxy) is 2. The van der Waals surface area contributed by atoms with E-state index in [2.05, 4.69) is 0 Å². The van der Waals surface area contributed by atoms with Gasteiger partial charge in [0, 0.05) is 23.7 Å². The fourth-order valence-electron chi connectivity index (χ4n) is 4.55. The zero-order valence-electron chi connectivity index (χ0n) is 17.9. The number of nitrogens with zero attached hydrogens (tertiary/aromatic N) is 2. The summed E-state index contributed by atoms with van der Waals surface area (Å²) in [5.74, 6) is 0.554. The van der Waals surface area contributed by atoms with Crippen LogP contribution >= 0.6 is 11.6 Å². The van der Waals surface area contributed by atoms with Crippen molar-refractivity contribution in [1.29, 1.82) is 0 Å². The molecule has 6 rings (SSSR count). The summed E-state index contributed by atoms with van der Waals surface area (Å²) in [6.07, 6.45) is 0. The van der Waals surface area contributed by atoms with Crippen LogP contribution in [0.15, 0.2) is 69.9 Å². The maximum Gasteiger partial charge on any atom is 0.291 e. The van der Waals surface area contributed by atoms with Gasteiger partial charge in [-0.3, -0.25) is 19.7 Å². The maximum atomic E-state index is 13.6. The van der Waals surface area contributed by atoms with Crippen molar-refractivity contribution in [2.24, 2.45) is 0 Å². The Hall–Kier alpha value is -4.37. The van der Waals surface area contributed by atoms with Crippen LogP contribution in [-0.4, -0.2) is 22.5 Å². The Bertz CT molecular complexity index is 1610. The van der Waals surface area contributed by atoms with Crippen LogP contribution in [0.3, 0.4) is 0 Å². The minimum Gasteiger partial charge on any atom is -0.454 e. The largest absolute Gasteiger partial charge is 0.454 e. The van der Waals surface area contributed by atoms with Crippen LogP contribution in [0.25, 0.3) is 11.0 Å². The predicted molar refractivity (Wildman–Crippen MR) is 125 cm³/mol. The Labute approximate surface area is 202 Å². The minimum absolute atomic E-state index is 0.0953. The minimum atomic E-state index is -0.901. The summed E-state index contributed by atoms with van der Waals surface area (Å²) in [6, 6.07) is 14.9. The molecule has 10 heteroatoms. The fraction of sp³-hybridized carbons (Fsp3) is 0.120. The third kappa shape index (κ3) is 3.39. The highest BCUT2D eigenvalue weighted by molar-refractivity contribution is 6.31. The topological polar surface area (TPSA) is 112 Å². The van der Waals surface area contributed by atoms with Gasteiger partial charge in [-0.1, -0.05) is 29.8 Å². The molecular formula is C25H15ClN2O7. The molecule has 35 heavy (non-hydrogen) atoms. The van der Waals surface area contributed by atoms with Gasteiger partial charge in [0.1, 0.15) is 5.58 Å². The van der Waals surface area contributed by atoms with Gasteiger partial charge in [0.05, 0.1) is 21.9 Å². The van der Waals surface area contributed by atoms with Gasteiger partial charge < -0.3 is 18.8 Å². The molecule has 0 saturated heterocycles. The van der Waals surface area contributed by atoms with Crippen LogP contribution in [0.1, 0.15) is 33.3 Å². The van der Waals surface area contributed by atoms with E-state index in [0.29, 0.717) is 22.1 Å². The first-order valence-electron chi connectivity index (χ1n) is 10.6. The lowest BCUT2D eigenvalue weighted by Gasteiger charge is -2.25. The first-order valence-corrected chi connectivity index (χ1v) is 11.0. The summed E-state index contributed by atoms with van der Waals surface area (Å²) < 4.78 is 16.7. The smallest absolute Gasteiger partial charge is 0.291 e. The first kappa shape index (κ1) is 21.2. The molecule has 1 amide bonds. The number of amides is 1. The van der Waals surface area contributed by atoms with Gasteiger partial charge in [0.15, 0.2) is 16.9 Å². The summed E-state index contributed by atoms with van der Waals surface area (Å²) in [7, 11) is 0. The monoisotopic (exact) mass is 490 g/mol. The molecule has 4 aromatic rings. The number of halogens is 1. The summed E-state index contributed by atoms with van der Waals surface area (Å²) >= 11 is 6.11. The summed E-state index contributed by atoms with van der Waals surface area (Å²) in [6.45, 7) is 0.209. The second-order valence-electron chi connectivity index (χ2n) is 8.19. The van der Waals surface area contributed by atoms with Crippen LogP contribution in [0, 0.1) is 10.1 Å². The number of nitro groups is 1. The lowest BCUT2D eigenvalue weighted by molar-refractivity contribution is -0.384. The molecule has 2 aliphatic heterocycles. The molecule has 0 spiro atoms. The SMILES string of the molecule is O=C1c2oc3ccc(Cl)cc3c(=O)c2C(c2cccc([N+](=O)[O-])c2)N1Cc1ccc2c(c1)OCO2. The molecule has 1 unspecified atom stereocenters. The van der Waals surface area contributed by atoms with E-state index in [-0.39, 0.29) is 41.3 Å². The molecule has 0 aliphatic carbocycles. The summed E-state index contributed by atoms with van der Waals surface area (Å²) in [5, 5.41) is 12.0. The number of fused-ring (bicyclic) bond motifs is 3. The predicted octanol–water partition coefficient (Wildman–Crippen LogP) is 4.83. The van der Waals surface area contributed by atoms with Crippen molar-refractivity contribution in [3.05, 3.63) is 108 Å². The van der Waals surface area contributed by atoms with Gasteiger partial charge in [0.2, 0.25) is 12.6 Å². The molecule has 1 aromatic heterocycles. The van der Waals surface area contributed by atoms with Crippen molar-refractivity contribution < 1.29 is 23.6 Å². The summed E-state index contributed by atoms with van der Waals surface area (Å²) in [4.78, 5) is 39.6. The molecule has 0 N–H and O–H groups in total. The van der Waals surface area contributed by atoms with Crippen LogP contribution in [0.4, 0.5) is 5.69 Å². The quantitative estimate of drug-likeness (QED) is 0.297. The van der Waals surface area contributed by atoms with Gasteiger partial charge in [-0.25, -0.2) is 0 Å². The van der Waals surface area contributed by atoms with E-state index < -0.39 is 22.3 Å². The molecule has 0 fully saturated rings. The molecule has 0 radical (unpaired) electrons. The van der Waals surface area contributed by atoms with Crippen molar-refractivity contribution in [2.75, 3.05) is 6.79 Å². The van der Waals surface area contributed by atoms with Crippen molar-refractivity contribution in [3.8, 4) is 11.5 Å². The Morgan fingerprint density at radius 1 is 1.03 bits per heavy atom. The van der Waals surface area contributed by atoms with Crippen molar-refractivity contribution in [2.45, 2.75) is 12.6 Å². The standard InChI is InChI=1S/C25H15ClN2O7/c26-15-5-7-18-17(10-15)23(29)21-22(14-2-1-3-16(9-14)28(31)32)27(25(30)24(21)35-18)11-13-4-6-19-20(8-13)34-12-33-19/h1-10,22H,11-12H2. The number of hydrogen-bond acceptors (Lipinski definition) is 7. The molecule has 9 nitrogen and oxygen atoms in total. The highest BCUT2D eigenvalue weighted by atomic mass is 35.5. The molecule has 174 valence electrons. The van der Waals surface area contributed by atoms with Crippen molar-refractivity contribution in [1.82, 2.24) is 4.90 Å².